The number of hydrogen-bond acceptors (Lipinski definition) is 5. The lowest BCUT2D eigenvalue weighted by atomic mass is 9.89. The van der Waals surface area contributed by atoms with Gasteiger partial charge in [-0.15, -0.1) is 0 Å². The van der Waals surface area contributed by atoms with Gasteiger partial charge in [0.25, 0.3) is 0 Å². The number of nitrogens with zero attached hydrogens (tertiary/aromatic N) is 2. The number of anilines is 1. The van der Waals surface area contributed by atoms with E-state index in [-0.39, 0.29) is 11.8 Å². The van der Waals surface area contributed by atoms with Crippen LogP contribution in [0, 0.1) is 0 Å². The van der Waals surface area contributed by atoms with Crippen LogP contribution in [-0.4, -0.2) is 36.8 Å². The molecule has 144 valence electrons. The average molecular weight is 379 g/mol. The number of aromatic nitrogens is 2. The molecule has 1 N–H and O–H groups in total. The number of benzene rings is 2. The van der Waals surface area contributed by atoms with E-state index in [2.05, 4.69) is 10.3 Å². The number of carbonyl (C=O) groups excluding carboxylic acids is 1. The molecule has 0 saturated carbocycles. The number of rotatable bonds is 5. The van der Waals surface area contributed by atoms with Gasteiger partial charge >= 0.3 is 0 Å². The van der Waals surface area contributed by atoms with Crippen molar-refractivity contribution in [3.05, 3.63) is 60.0 Å². The molecule has 28 heavy (non-hydrogen) atoms. The van der Waals surface area contributed by atoms with Crippen LogP contribution in [0.3, 0.4) is 0 Å². The minimum absolute atomic E-state index is 0.0532. The number of ether oxygens (including phenoxy) is 3. The predicted molar refractivity (Wildman–Crippen MR) is 105 cm³/mol. The molecule has 0 bridgehead atoms. The van der Waals surface area contributed by atoms with E-state index in [1.54, 1.807) is 27.7 Å². The van der Waals surface area contributed by atoms with Gasteiger partial charge < -0.3 is 19.5 Å². The Kier molecular flexibility index (Phi) is 4.65. The third kappa shape index (κ3) is 3.05. The Labute approximate surface area is 162 Å². The number of carbonyl (C=O) groups is 1. The van der Waals surface area contributed by atoms with E-state index >= 15 is 0 Å². The van der Waals surface area contributed by atoms with Gasteiger partial charge in [-0.3, -0.25) is 9.36 Å². The van der Waals surface area contributed by atoms with E-state index in [4.69, 9.17) is 14.2 Å². The molecule has 0 aliphatic carbocycles. The molecule has 7 nitrogen and oxygen atoms in total. The molecular weight excluding hydrogens is 358 g/mol. The van der Waals surface area contributed by atoms with Crippen molar-refractivity contribution >= 4 is 11.7 Å². The van der Waals surface area contributed by atoms with Crippen molar-refractivity contribution < 1.29 is 19.0 Å². The standard InChI is InChI=1S/C21H21N3O4/c1-26-15-7-5-14(6-8-15)24-12-22-20-16(11-19(25)23-21(20)24)13-4-9-17(27-2)18(10-13)28-3/h4-10,12,16H,11H2,1-3H3,(H,23,25). The van der Waals surface area contributed by atoms with Crippen LogP contribution in [0.1, 0.15) is 23.6 Å². The zero-order valence-electron chi connectivity index (χ0n) is 15.9. The maximum Gasteiger partial charge on any atom is 0.226 e. The van der Waals surface area contributed by atoms with Crippen molar-refractivity contribution in [1.29, 1.82) is 0 Å². The highest BCUT2D eigenvalue weighted by atomic mass is 16.5. The van der Waals surface area contributed by atoms with E-state index in [1.165, 1.54) is 0 Å². The molecule has 2 heterocycles. The molecule has 1 unspecified atom stereocenters. The summed E-state index contributed by atoms with van der Waals surface area (Å²) in [4.78, 5) is 17.1. The first-order chi connectivity index (χ1) is 13.6. The van der Waals surface area contributed by atoms with Crippen LogP contribution in [0.5, 0.6) is 17.2 Å². The van der Waals surface area contributed by atoms with E-state index in [0.29, 0.717) is 23.7 Å². The fourth-order valence-electron chi connectivity index (χ4n) is 3.49. The number of methoxy groups -OCH3 is 3. The van der Waals surface area contributed by atoms with Crippen LogP contribution in [-0.2, 0) is 4.79 Å². The maximum absolute atomic E-state index is 12.4. The van der Waals surface area contributed by atoms with Crippen molar-refractivity contribution in [2.75, 3.05) is 26.6 Å². The lowest BCUT2D eigenvalue weighted by Gasteiger charge is -2.24. The van der Waals surface area contributed by atoms with Crippen molar-refractivity contribution in [3.8, 4) is 22.9 Å². The Morgan fingerprint density at radius 2 is 1.75 bits per heavy atom. The second kappa shape index (κ2) is 7.26. The molecule has 3 aromatic rings. The molecule has 1 atom stereocenters. The van der Waals surface area contributed by atoms with Gasteiger partial charge in [0.15, 0.2) is 11.5 Å². The zero-order chi connectivity index (χ0) is 19.7. The number of fused-ring (bicyclic) bond motifs is 1. The second-order valence-electron chi connectivity index (χ2n) is 6.47. The largest absolute Gasteiger partial charge is 0.497 e. The van der Waals surface area contributed by atoms with Crippen LogP contribution in [0.2, 0.25) is 0 Å². The summed E-state index contributed by atoms with van der Waals surface area (Å²) in [5.74, 6) is 2.51. The topological polar surface area (TPSA) is 74.6 Å². The predicted octanol–water partition coefficient (Wildman–Crippen LogP) is 3.37. The quantitative estimate of drug-likeness (QED) is 0.736. The molecule has 0 radical (unpaired) electrons. The molecule has 0 saturated heterocycles. The lowest BCUT2D eigenvalue weighted by molar-refractivity contribution is -0.116. The third-order valence-corrected chi connectivity index (χ3v) is 4.93. The molecule has 1 aromatic heterocycles. The van der Waals surface area contributed by atoms with Crippen LogP contribution < -0.4 is 19.5 Å². The van der Waals surface area contributed by atoms with Gasteiger partial charge in [-0.1, -0.05) is 6.07 Å². The SMILES string of the molecule is COc1ccc(-n2cnc3c2NC(=O)CC3c2ccc(OC)c(OC)c2)cc1. The van der Waals surface area contributed by atoms with Crippen molar-refractivity contribution in [2.24, 2.45) is 0 Å². The highest BCUT2D eigenvalue weighted by Gasteiger charge is 2.31. The fourth-order valence-corrected chi connectivity index (χ4v) is 3.49. The van der Waals surface area contributed by atoms with Gasteiger partial charge in [-0.2, -0.15) is 0 Å². The Balaban J connectivity index is 1.76. The van der Waals surface area contributed by atoms with E-state index in [9.17, 15) is 4.79 Å². The summed E-state index contributed by atoms with van der Waals surface area (Å²) in [5, 5.41) is 2.96. The van der Waals surface area contributed by atoms with Gasteiger partial charge in [0.05, 0.1) is 27.0 Å². The average Bonchev–Trinajstić information content (AvgIpc) is 3.16. The smallest absolute Gasteiger partial charge is 0.226 e. The third-order valence-electron chi connectivity index (χ3n) is 4.93. The summed E-state index contributed by atoms with van der Waals surface area (Å²) in [7, 11) is 4.82. The normalized spacial score (nSPS) is 15.5. The maximum atomic E-state index is 12.4. The molecular formula is C21H21N3O4. The summed E-state index contributed by atoms with van der Waals surface area (Å²) in [6, 6.07) is 13.3. The molecule has 2 aromatic carbocycles. The van der Waals surface area contributed by atoms with Gasteiger partial charge in [0.1, 0.15) is 17.9 Å². The van der Waals surface area contributed by atoms with Crippen LogP contribution in [0.25, 0.3) is 5.69 Å². The highest BCUT2D eigenvalue weighted by Crippen LogP contribution is 2.40. The van der Waals surface area contributed by atoms with E-state index in [1.807, 2.05) is 47.0 Å². The molecule has 1 aliphatic rings. The lowest BCUT2D eigenvalue weighted by Crippen LogP contribution is -2.25. The Bertz CT molecular complexity index is 1010. The van der Waals surface area contributed by atoms with Crippen molar-refractivity contribution in [2.45, 2.75) is 12.3 Å². The first-order valence-corrected chi connectivity index (χ1v) is 8.88. The fraction of sp³-hybridized carbons (Fsp3) is 0.238. The monoisotopic (exact) mass is 379 g/mol. The Morgan fingerprint density at radius 1 is 1.00 bits per heavy atom. The van der Waals surface area contributed by atoms with Crippen LogP contribution in [0.15, 0.2) is 48.8 Å². The summed E-state index contributed by atoms with van der Waals surface area (Å²) in [6.07, 6.45) is 2.05. The Morgan fingerprint density at radius 3 is 2.43 bits per heavy atom. The molecule has 7 heteroatoms. The van der Waals surface area contributed by atoms with Gasteiger partial charge in [-0.05, 0) is 42.0 Å². The minimum Gasteiger partial charge on any atom is -0.497 e. The van der Waals surface area contributed by atoms with E-state index in [0.717, 1.165) is 22.7 Å². The summed E-state index contributed by atoms with van der Waals surface area (Å²) in [6.45, 7) is 0. The van der Waals surface area contributed by atoms with Crippen LogP contribution in [0.4, 0.5) is 5.82 Å². The zero-order valence-corrected chi connectivity index (χ0v) is 15.9. The molecule has 4 rings (SSSR count). The van der Waals surface area contributed by atoms with Crippen molar-refractivity contribution in [1.82, 2.24) is 9.55 Å². The highest BCUT2D eigenvalue weighted by molar-refractivity contribution is 5.94. The number of amides is 1. The van der Waals surface area contributed by atoms with Gasteiger partial charge in [0, 0.05) is 18.0 Å². The number of nitrogens with one attached hydrogen (secondary N) is 1. The van der Waals surface area contributed by atoms with Gasteiger partial charge in [-0.25, -0.2) is 4.98 Å². The van der Waals surface area contributed by atoms with E-state index < -0.39 is 0 Å². The van der Waals surface area contributed by atoms with Crippen molar-refractivity contribution in [3.63, 3.8) is 0 Å². The first-order valence-electron chi connectivity index (χ1n) is 8.88. The first kappa shape index (κ1) is 17.9. The molecule has 1 aliphatic heterocycles. The summed E-state index contributed by atoms with van der Waals surface area (Å²) in [5.41, 5.74) is 2.67. The number of imidazole rings is 1. The molecule has 0 fully saturated rings. The minimum atomic E-state index is -0.164. The van der Waals surface area contributed by atoms with Gasteiger partial charge in [0.2, 0.25) is 5.91 Å². The summed E-state index contributed by atoms with van der Waals surface area (Å²) >= 11 is 0. The molecule has 1 amide bonds. The Hall–Kier alpha value is -3.48. The second-order valence-corrected chi connectivity index (χ2v) is 6.47. The summed E-state index contributed by atoms with van der Waals surface area (Å²) < 4.78 is 17.8. The molecule has 0 spiro atoms. The van der Waals surface area contributed by atoms with Crippen LogP contribution >= 0.6 is 0 Å². The number of hydrogen-bond donors (Lipinski definition) is 1.